The SMILES string of the molecule is Cc1cc(Cl)c(F)c(C(=O)C(=O)O)c1C. The fourth-order valence-electron chi connectivity index (χ4n) is 1.22. The van der Waals surface area contributed by atoms with Crippen LogP contribution in [0.2, 0.25) is 5.02 Å². The highest BCUT2D eigenvalue weighted by atomic mass is 35.5. The smallest absolute Gasteiger partial charge is 0.377 e. The molecule has 0 unspecified atom stereocenters. The molecule has 0 aliphatic carbocycles. The third-order valence-corrected chi connectivity index (χ3v) is 2.44. The van der Waals surface area contributed by atoms with Crippen LogP contribution < -0.4 is 0 Å². The van der Waals surface area contributed by atoms with E-state index in [1.54, 1.807) is 6.92 Å². The van der Waals surface area contributed by atoms with Crippen molar-refractivity contribution in [2.24, 2.45) is 0 Å². The molecule has 0 atom stereocenters. The zero-order valence-corrected chi connectivity index (χ0v) is 8.85. The van der Waals surface area contributed by atoms with Crippen LogP contribution >= 0.6 is 11.6 Å². The second-order valence-electron chi connectivity index (χ2n) is 3.12. The van der Waals surface area contributed by atoms with Gasteiger partial charge in [0.2, 0.25) is 0 Å². The average Bonchev–Trinajstić information content (AvgIpc) is 2.15. The third kappa shape index (κ3) is 1.99. The van der Waals surface area contributed by atoms with E-state index < -0.39 is 23.1 Å². The van der Waals surface area contributed by atoms with Crippen molar-refractivity contribution in [2.75, 3.05) is 0 Å². The summed E-state index contributed by atoms with van der Waals surface area (Å²) in [6.45, 7) is 3.10. The van der Waals surface area contributed by atoms with Gasteiger partial charge in [-0.05, 0) is 31.0 Å². The number of carboxylic acid groups (broad SMARTS) is 1. The number of Topliss-reactive ketones (excluding diaryl/α,β-unsaturated/α-hetero) is 1. The molecule has 1 aromatic rings. The van der Waals surface area contributed by atoms with Gasteiger partial charge in [0.1, 0.15) is 0 Å². The molecule has 0 aromatic heterocycles. The van der Waals surface area contributed by atoms with E-state index in [0.29, 0.717) is 11.1 Å². The number of carboxylic acids is 1. The largest absolute Gasteiger partial charge is 0.475 e. The van der Waals surface area contributed by atoms with Gasteiger partial charge in [0.15, 0.2) is 5.82 Å². The Labute approximate surface area is 90.5 Å². The van der Waals surface area contributed by atoms with Crippen molar-refractivity contribution in [2.45, 2.75) is 13.8 Å². The second-order valence-corrected chi connectivity index (χ2v) is 3.53. The highest BCUT2D eigenvalue weighted by molar-refractivity contribution is 6.41. The summed E-state index contributed by atoms with van der Waals surface area (Å²) < 4.78 is 13.4. The fourth-order valence-corrected chi connectivity index (χ4v) is 1.48. The molecule has 1 rings (SSSR count). The lowest BCUT2D eigenvalue weighted by atomic mass is 9.99. The monoisotopic (exact) mass is 230 g/mol. The molecule has 0 saturated carbocycles. The number of benzene rings is 1. The summed E-state index contributed by atoms with van der Waals surface area (Å²) in [4.78, 5) is 21.7. The van der Waals surface area contributed by atoms with E-state index in [2.05, 4.69) is 0 Å². The van der Waals surface area contributed by atoms with E-state index in [1.807, 2.05) is 0 Å². The van der Waals surface area contributed by atoms with Gasteiger partial charge in [0, 0.05) is 0 Å². The first-order valence-corrected chi connectivity index (χ1v) is 4.47. The molecule has 0 aliphatic heterocycles. The van der Waals surface area contributed by atoms with E-state index in [4.69, 9.17) is 16.7 Å². The minimum atomic E-state index is -1.70. The lowest BCUT2D eigenvalue weighted by Crippen LogP contribution is -2.17. The van der Waals surface area contributed by atoms with Crippen LogP contribution in [0.5, 0.6) is 0 Å². The molecular formula is C10H8ClFO3. The Bertz CT molecular complexity index is 428. The summed E-state index contributed by atoms with van der Waals surface area (Å²) in [6, 6.07) is 1.35. The predicted octanol–water partition coefficient (Wildman–Crippen LogP) is 2.36. The van der Waals surface area contributed by atoms with Crippen LogP contribution in [0.15, 0.2) is 6.07 Å². The number of carbonyl (C=O) groups excluding carboxylic acids is 1. The Kier molecular flexibility index (Phi) is 3.09. The molecule has 15 heavy (non-hydrogen) atoms. The first kappa shape index (κ1) is 11.7. The molecule has 0 spiro atoms. The number of halogens is 2. The van der Waals surface area contributed by atoms with E-state index >= 15 is 0 Å². The highest BCUT2D eigenvalue weighted by Crippen LogP contribution is 2.25. The van der Waals surface area contributed by atoms with Gasteiger partial charge in [-0.25, -0.2) is 9.18 Å². The Morgan fingerprint density at radius 1 is 1.40 bits per heavy atom. The molecule has 0 radical (unpaired) electrons. The topological polar surface area (TPSA) is 54.4 Å². The summed E-state index contributed by atoms with van der Waals surface area (Å²) in [5, 5.41) is 8.26. The number of aliphatic carboxylic acids is 1. The van der Waals surface area contributed by atoms with Crippen molar-refractivity contribution in [3.8, 4) is 0 Å². The number of hydrogen-bond acceptors (Lipinski definition) is 2. The Morgan fingerprint density at radius 3 is 2.40 bits per heavy atom. The van der Waals surface area contributed by atoms with Crippen molar-refractivity contribution >= 4 is 23.4 Å². The van der Waals surface area contributed by atoms with E-state index in [9.17, 15) is 14.0 Å². The zero-order chi connectivity index (χ0) is 11.7. The van der Waals surface area contributed by atoms with Crippen molar-refractivity contribution in [3.05, 3.63) is 33.6 Å². The molecule has 1 aromatic carbocycles. The molecule has 80 valence electrons. The summed E-state index contributed by atoms with van der Waals surface area (Å²) in [5.41, 5.74) is 0.405. The van der Waals surface area contributed by atoms with Crippen molar-refractivity contribution < 1.29 is 19.1 Å². The van der Waals surface area contributed by atoms with Gasteiger partial charge in [0.05, 0.1) is 10.6 Å². The van der Waals surface area contributed by atoms with Gasteiger partial charge in [0.25, 0.3) is 5.78 Å². The number of hydrogen-bond donors (Lipinski definition) is 1. The van der Waals surface area contributed by atoms with Crippen molar-refractivity contribution in [3.63, 3.8) is 0 Å². The van der Waals surface area contributed by atoms with Crippen molar-refractivity contribution in [1.29, 1.82) is 0 Å². The maximum absolute atomic E-state index is 13.4. The Morgan fingerprint density at radius 2 is 1.93 bits per heavy atom. The number of aryl methyl sites for hydroxylation is 1. The van der Waals surface area contributed by atoms with Crippen LogP contribution in [-0.4, -0.2) is 16.9 Å². The third-order valence-electron chi connectivity index (χ3n) is 2.16. The molecule has 1 N–H and O–H groups in total. The van der Waals surface area contributed by atoms with Crippen LogP contribution in [0.1, 0.15) is 21.5 Å². The average molecular weight is 231 g/mol. The first-order chi connectivity index (χ1) is 6.86. The maximum atomic E-state index is 13.4. The summed E-state index contributed by atoms with van der Waals surface area (Å²) in [5.74, 6) is -3.96. The van der Waals surface area contributed by atoms with Gasteiger partial charge in [-0.1, -0.05) is 11.6 Å². The molecule has 0 aliphatic rings. The van der Waals surface area contributed by atoms with E-state index in [-0.39, 0.29) is 5.02 Å². The molecule has 3 nitrogen and oxygen atoms in total. The summed E-state index contributed by atoms with van der Waals surface area (Å²) >= 11 is 5.52. The fraction of sp³-hybridized carbons (Fsp3) is 0.200. The van der Waals surface area contributed by atoms with Crippen LogP contribution in [-0.2, 0) is 4.79 Å². The van der Waals surface area contributed by atoms with Gasteiger partial charge in [-0.3, -0.25) is 4.79 Å². The Hall–Kier alpha value is -1.42. The van der Waals surface area contributed by atoms with Gasteiger partial charge >= 0.3 is 5.97 Å². The van der Waals surface area contributed by atoms with Crippen molar-refractivity contribution in [1.82, 2.24) is 0 Å². The lowest BCUT2D eigenvalue weighted by Gasteiger charge is -2.08. The maximum Gasteiger partial charge on any atom is 0.377 e. The zero-order valence-electron chi connectivity index (χ0n) is 8.10. The Balaban J connectivity index is 3.53. The molecule has 0 saturated heterocycles. The minimum absolute atomic E-state index is 0.248. The molecule has 5 heteroatoms. The van der Waals surface area contributed by atoms with E-state index in [0.717, 1.165) is 0 Å². The standard InChI is InChI=1S/C10H8ClFO3/c1-4-3-6(11)8(12)7(5(4)2)9(13)10(14)15/h3H,1-2H3,(H,14,15). The predicted molar refractivity (Wildman–Crippen MR) is 52.9 cm³/mol. The quantitative estimate of drug-likeness (QED) is 0.627. The summed E-state index contributed by atoms with van der Waals surface area (Å²) in [7, 11) is 0. The first-order valence-electron chi connectivity index (χ1n) is 4.09. The number of ketones is 1. The van der Waals surface area contributed by atoms with Crippen LogP contribution in [0, 0.1) is 19.7 Å². The normalized spacial score (nSPS) is 10.1. The molecule has 0 amide bonds. The summed E-state index contributed by atoms with van der Waals surface area (Å²) in [6.07, 6.45) is 0. The van der Waals surface area contributed by atoms with Crippen LogP contribution in [0.25, 0.3) is 0 Å². The van der Waals surface area contributed by atoms with Gasteiger partial charge in [-0.15, -0.1) is 0 Å². The molecule has 0 bridgehead atoms. The lowest BCUT2D eigenvalue weighted by molar-refractivity contribution is -0.131. The molecule has 0 fully saturated rings. The molecular weight excluding hydrogens is 223 g/mol. The van der Waals surface area contributed by atoms with Gasteiger partial charge < -0.3 is 5.11 Å². The van der Waals surface area contributed by atoms with Gasteiger partial charge in [-0.2, -0.15) is 0 Å². The number of carbonyl (C=O) groups is 2. The molecule has 0 heterocycles. The second kappa shape index (κ2) is 3.98. The van der Waals surface area contributed by atoms with Crippen LogP contribution in [0.3, 0.4) is 0 Å². The highest BCUT2D eigenvalue weighted by Gasteiger charge is 2.24. The van der Waals surface area contributed by atoms with E-state index in [1.165, 1.54) is 13.0 Å². The van der Waals surface area contributed by atoms with Crippen LogP contribution in [0.4, 0.5) is 4.39 Å². The minimum Gasteiger partial charge on any atom is -0.475 e. The number of rotatable bonds is 2.